The maximum Gasteiger partial charge on any atom is 0.244 e. The Labute approximate surface area is 104 Å². The van der Waals surface area contributed by atoms with Crippen molar-refractivity contribution in [3.8, 4) is 0 Å². The van der Waals surface area contributed by atoms with Gasteiger partial charge in [0.25, 0.3) is 0 Å². The van der Waals surface area contributed by atoms with Crippen molar-refractivity contribution >= 4 is 11.8 Å². The van der Waals surface area contributed by atoms with Crippen LogP contribution in [-0.2, 0) is 22.1 Å². The van der Waals surface area contributed by atoms with Gasteiger partial charge in [-0.1, -0.05) is 18.2 Å². The van der Waals surface area contributed by atoms with Gasteiger partial charge in [-0.25, -0.2) is 4.98 Å². The number of nitrogens with two attached hydrogens (primary N) is 2. The number of hydrogen-bond acceptors (Lipinski definition) is 3. The van der Waals surface area contributed by atoms with Gasteiger partial charge in [-0.2, -0.15) is 0 Å². The normalized spacial score (nSPS) is 22.6. The SMILES string of the molecule is Cn1cncc1C1(C(N)=O)C=CC=C(C(N)=O)C1. The predicted octanol–water partition coefficient (Wildman–Crippen LogP) is -0.485. The minimum atomic E-state index is -1.07. The molecule has 18 heavy (non-hydrogen) atoms. The number of nitrogens with zero attached hydrogens (tertiary/aromatic N) is 2. The highest BCUT2D eigenvalue weighted by atomic mass is 16.2. The van der Waals surface area contributed by atoms with E-state index in [1.807, 2.05) is 0 Å². The van der Waals surface area contributed by atoms with E-state index in [2.05, 4.69) is 4.98 Å². The van der Waals surface area contributed by atoms with Crippen LogP contribution in [0.1, 0.15) is 12.1 Å². The van der Waals surface area contributed by atoms with E-state index in [-0.39, 0.29) is 6.42 Å². The van der Waals surface area contributed by atoms with Crippen molar-refractivity contribution in [2.75, 3.05) is 0 Å². The van der Waals surface area contributed by atoms with Crippen LogP contribution in [0.25, 0.3) is 0 Å². The van der Waals surface area contributed by atoms with Crippen LogP contribution in [0, 0.1) is 0 Å². The molecule has 0 spiro atoms. The number of primary amides is 2. The second-order valence-electron chi connectivity index (χ2n) is 4.32. The molecule has 94 valence electrons. The molecule has 1 atom stereocenters. The monoisotopic (exact) mass is 246 g/mol. The minimum absolute atomic E-state index is 0.160. The van der Waals surface area contributed by atoms with Crippen molar-refractivity contribution in [3.05, 3.63) is 42.0 Å². The fourth-order valence-electron chi connectivity index (χ4n) is 2.17. The standard InChI is InChI=1S/C12H14N4O2/c1-16-7-15-6-9(16)12(11(14)18)4-2-3-8(5-12)10(13)17/h2-4,6-7H,5H2,1H3,(H2,13,17)(H2,14,18). The highest BCUT2D eigenvalue weighted by Gasteiger charge is 2.41. The van der Waals surface area contributed by atoms with Crippen molar-refractivity contribution in [1.29, 1.82) is 0 Å². The van der Waals surface area contributed by atoms with Crippen molar-refractivity contribution in [2.45, 2.75) is 11.8 Å². The Hall–Kier alpha value is -2.37. The summed E-state index contributed by atoms with van der Waals surface area (Å²) in [6, 6.07) is 0. The summed E-state index contributed by atoms with van der Waals surface area (Å²) in [4.78, 5) is 27.1. The molecule has 0 radical (unpaired) electrons. The second-order valence-corrected chi connectivity index (χ2v) is 4.32. The predicted molar refractivity (Wildman–Crippen MR) is 65.1 cm³/mol. The smallest absolute Gasteiger partial charge is 0.244 e. The molecule has 6 heteroatoms. The van der Waals surface area contributed by atoms with Crippen LogP contribution in [0.2, 0.25) is 0 Å². The molecular weight excluding hydrogens is 232 g/mol. The molecule has 1 aliphatic rings. The lowest BCUT2D eigenvalue weighted by atomic mass is 9.75. The van der Waals surface area contributed by atoms with E-state index >= 15 is 0 Å². The number of aromatic nitrogens is 2. The summed E-state index contributed by atoms with van der Waals surface area (Å²) in [5.41, 5.74) is 10.7. The van der Waals surface area contributed by atoms with Crippen LogP contribution in [0.4, 0.5) is 0 Å². The Morgan fingerprint density at radius 1 is 1.44 bits per heavy atom. The Morgan fingerprint density at radius 3 is 2.67 bits per heavy atom. The van der Waals surface area contributed by atoms with Gasteiger partial charge in [0.2, 0.25) is 11.8 Å². The van der Waals surface area contributed by atoms with E-state index in [4.69, 9.17) is 11.5 Å². The fourth-order valence-corrected chi connectivity index (χ4v) is 2.17. The van der Waals surface area contributed by atoms with Crippen molar-refractivity contribution in [3.63, 3.8) is 0 Å². The van der Waals surface area contributed by atoms with Gasteiger partial charge in [0.1, 0.15) is 5.41 Å². The topological polar surface area (TPSA) is 104 Å². The Bertz CT molecular complexity index is 570. The lowest BCUT2D eigenvalue weighted by Crippen LogP contribution is -2.43. The van der Waals surface area contributed by atoms with Gasteiger partial charge in [-0.05, 0) is 0 Å². The Kier molecular flexibility index (Phi) is 2.78. The molecule has 1 unspecified atom stereocenters. The van der Waals surface area contributed by atoms with Gasteiger partial charge in [-0.15, -0.1) is 0 Å². The number of carbonyl (C=O) groups excluding carboxylic acids is 2. The molecule has 2 amide bonds. The number of rotatable bonds is 3. The van der Waals surface area contributed by atoms with Crippen LogP contribution >= 0.6 is 0 Å². The summed E-state index contributed by atoms with van der Waals surface area (Å²) in [6.45, 7) is 0. The summed E-state index contributed by atoms with van der Waals surface area (Å²) >= 11 is 0. The summed E-state index contributed by atoms with van der Waals surface area (Å²) in [7, 11) is 1.77. The van der Waals surface area contributed by atoms with E-state index in [0.29, 0.717) is 11.3 Å². The number of aryl methyl sites for hydroxylation is 1. The molecule has 1 heterocycles. The molecule has 0 saturated carbocycles. The molecule has 0 aliphatic heterocycles. The number of carbonyl (C=O) groups is 2. The van der Waals surface area contributed by atoms with E-state index in [9.17, 15) is 9.59 Å². The maximum absolute atomic E-state index is 11.8. The van der Waals surface area contributed by atoms with Gasteiger partial charge >= 0.3 is 0 Å². The van der Waals surface area contributed by atoms with Crippen molar-refractivity contribution < 1.29 is 9.59 Å². The first-order valence-corrected chi connectivity index (χ1v) is 5.42. The van der Waals surface area contributed by atoms with Gasteiger partial charge in [0.05, 0.1) is 12.0 Å². The summed E-state index contributed by atoms with van der Waals surface area (Å²) in [5.74, 6) is -1.08. The molecule has 1 aromatic rings. The molecule has 4 N–H and O–H groups in total. The van der Waals surface area contributed by atoms with E-state index < -0.39 is 17.2 Å². The molecular formula is C12H14N4O2. The van der Waals surface area contributed by atoms with Gasteiger partial charge in [0, 0.05) is 25.2 Å². The second kappa shape index (κ2) is 4.14. The summed E-state index contributed by atoms with van der Waals surface area (Å²) in [6.07, 6.45) is 8.21. The third-order valence-electron chi connectivity index (χ3n) is 3.18. The van der Waals surface area contributed by atoms with E-state index in [1.165, 1.54) is 0 Å². The summed E-state index contributed by atoms with van der Waals surface area (Å²) in [5, 5.41) is 0. The van der Waals surface area contributed by atoms with Crippen LogP contribution in [0.15, 0.2) is 36.3 Å². The molecule has 1 aliphatic carbocycles. The molecule has 0 aromatic carbocycles. The van der Waals surface area contributed by atoms with Crippen LogP contribution in [0.3, 0.4) is 0 Å². The third-order valence-corrected chi connectivity index (χ3v) is 3.18. The Morgan fingerprint density at radius 2 is 2.17 bits per heavy atom. The number of allylic oxidation sites excluding steroid dienone is 2. The first-order chi connectivity index (χ1) is 8.47. The highest BCUT2D eigenvalue weighted by Crippen LogP contribution is 2.35. The fraction of sp³-hybridized carbons (Fsp3) is 0.250. The van der Waals surface area contributed by atoms with Crippen LogP contribution in [-0.4, -0.2) is 21.4 Å². The zero-order chi connectivity index (χ0) is 13.3. The maximum atomic E-state index is 11.8. The lowest BCUT2D eigenvalue weighted by molar-refractivity contribution is -0.122. The zero-order valence-electron chi connectivity index (χ0n) is 9.96. The number of hydrogen-bond donors (Lipinski definition) is 2. The number of imidazole rings is 1. The molecule has 1 aromatic heterocycles. The number of amides is 2. The zero-order valence-corrected chi connectivity index (χ0v) is 9.96. The quantitative estimate of drug-likeness (QED) is 0.752. The van der Waals surface area contributed by atoms with E-state index in [0.717, 1.165) is 0 Å². The first-order valence-electron chi connectivity index (χ1n) is 5.42. The van der Waals surface area contributed by atoms with Gasteiger partial charge < -0.3 is 16.0 Å². The summed E-state index contributed by atoms with van der Waals surface area (Å²) < 4.78 is 1.71. The van der Waals surface area contributed by atoms with Crippen molar-refractivity contribution in [2.24, 2.45) is 18.5 Å². The van der Waals surface area contributed by atoms with Crippen LogP contribution < -0.4 is 11.5 Å². The molecule has 0 fully saturated rings. The molecule has 0 bridgehead atoms. The Balaban J connectivity index is 2.53. The van der Waals surface area contributed by atoms with Crippen LogP contribution in [0.5, 0.6) is 0 Å². The largest absolute Gasteiger partial charge is 0.369 e. The molecule has 0 saturated heterocycles. The van der Waals surface area contributed by atoms with Gasteiger partial charge in [0.15, 0.2) is 0 Å². The minimum Gasteiger partial charge on any atom is -0.369 e. The first kappa shape index (κ1) is 12.1. The molecule has 6 nitrogen and oxygen atoms in total. The third kappa shape index (κ3) is 1.71. The lowest BCUT2D eigenvalue weighted by Gasteiger charge is -2.30. The highest BCUT2D eigenvalue weighted by molar-refractivity contribution is 5.97. The average molecular weight is 246 g/mol. The molecule has 2 rings (SSSR count). The van der Waals surface area contributed by atoms with Crippen molar-refractivity contribution in [1.82, 2.24) is 9.55 Å². The average Bonchev–Trinajstić information content (AvgIpc) is 2.75. The van der Waals surface area contributed by atoms with Gasteiger partial charge in [-0.3, -0.25) is 9.59 Å². The van der Waals surface area contributed by atoms with E-state index in [1.54, 1.807) is 42.4 Å².